The first-order valence-corrected chi connectivity index (χ1v) is 11.7. The molecule has 2 heterocycles. The molecule has 1 atom stereocenters. The lowest BCUT2D eigenvalue weighted by Crippen LogP contribution is -2.47. The summed E-state index contributed by atoms with van der Waals surface area (Å²) in [4.78, 5) is 17.1. The van der Waals surface area contributed by atoms with Gasteiger partial charge in [0, 0.05) is 18.0 Å². The van der Waals surface area contributed by atoms with Gasteiger partial charge in [0.1, 0.15) is 5.75 Å². The highest BCUT2D eigenvalue weighted by atomic mass is 32.2. The van der Waals surface area contributed by atoms with Gasteiger partial charge in [-0.2, -0.15) is 5.26 Å². The first-order valence-electron chi connectivity index (χ1n) is 10.7. The lowest BCUT2D eigenvalue weighted by Gasteiger charge is -2.42. The zero-order chi connectivity index (χ0) is 21.8. The van der Waals surface area contributed by atoms with Gasteiger partial charge in [0.2, 0.25) is 5.91 Å². The number of carbonyl (C=O) groups is 1. The van der Waals surface area contributed by atoms with Crippen LogP contribution in [0.5, 0.6) is 5.75 Å². The van der Waals surface area contributed by atoms with Crippen LogP contribution in [0.15, 0.2) is 59.1 Å². The van der Waals surface area contributed by atoms with Gasteiger partial charge in [-0.05, 0) is 48.2 Å². The van der Waals surface area contributed by atoms with Gasteiger partial charge >= 0.3 is 0 Å². The largest absolute Gasteiger partial charge is 0.497 e. The van der Waals surface area contributed by atoms with E-state index in [2.05, 4.69) is 42.2 Å². The Morgan fingerprint density at radius 3 is 2.74 bits per heavy atom. The number of allylic oxidation sites excluding steroid dienone is 1. The van der Waals surface area contributed by atoms with Crippen LogP contribution in [-0.2, 0) is 11.2 Å². The van der Waals surface area contributed by atoms with Crippen LogP contribution in [0, 0.1) is 11.3 Å². The Balaban J connectivity index is 1.57. The van der Waals surface area contributed by atoms with Crippen LogP contribution in [-0.4, -0.2) is 30.5 Å². The number of nitrogens with zero attached hydrogens (tertiary/aromatic N) is 3. The zero-order valence-corrected chi connectivity index (χ0v) is 18.8. The van der Waals surface area contributed by atoms with Gasteiger partial charge in [0.15, 0.2) is 0 Å². The number of unbranched alkanes of at least 4 members (excludes halogenated alkanes) is 1. The van der Waals surface area contributed by atoms with Crippen LogP contribution in [0.2, 0.25) is 0 Å². The fraction of sp³-hybridized carbons (Fsp3) is 0.360. The number of fused-ring (bicyclic) bond motifs is 1. The van der Waals surface area contributed by atoms with Crippen molar-refractivity contribution in [3.05, 3.63) is 70.3 Å². The van der Waals surface area contributed by atoms with Crippen molar-refractivity contribution >= 4 is 23.4 Å². The number of thioether (sulfide) groups is 1. The summed E-state index contributed by atoms with van der Waals surface area (Å²) in [7, 11) is 1.62. The highest BCUT2D eigenvalue weighted by Gasteiger charge is 2.38. The Kier molecular flexibility index (Phi) is 6.53. The van der Waals surface area contributed by atoms with Crippen LogP contribution in [0.3, 0.4) is 0 Å². The molecule has 4 rings (SSSR count). The number of aryl methyl sites for hydroxylation is 1. The van der Waals surface area contributed by atoms with Crippen LogP contribution < -0.4 is 9.64 Å². The van der Waals surface area contributed by atoms with E-state index >= 15 is 0 Å². The monoisotopic (exact) mass is 433 g/mol. The number of rotatable bonds is 6. The number of ether oxygens (including phenoxy) is 1. The zero-order valence-electron chi connectivity index (χ0n) is 18.0. The maximum absolute atomic E-state index is 13.1. The minimum atomic E-state index is -0.226. The minimum Gasteiger partial charge on any atom is -0.497 e. The van der Waals surface area contributed by atoms with Gasteiger partial charge in [0.25, 0.3) is 0 Å². The molecule has 2 aromatic rings. The third-order valence-corrected chi connectivity index (χ3v) is 7.06. The molecule has 1 saturated heterocycles. The van der Waals surface area contributed by atoms with Crippen molar-refractivity contribution in [1.82, 2.24) is 4.90 Å². The summed E-state index contributed by atoms with van der Waals surface area (Å²) in [6.45, 7) is 2.68. The van der Waals surface area contributed by atoms with E-state index < -0.39 is 0 Å². The number of nitriles is 1. The molecule has 31 heavy (non-hydrogen) atoms. The van der Waals surface area contributed by atoms with Crippen LogP contribution in [0.25, 0.3) is 0 Å². The van der Waals surface area contributed by atoms with Crippen LogP contribution in [0.4, 0.5) is 5.69 Å². The lowest BCUT2D eigenvalue weighted by atomic mass is 9.86. The molecule has 0 radical (unpaired) electrons. The average molecular weight is 434 g/mol. The predicted molar refractivity (Wildman–Crippen MR) is 125 cm³/mol. The lowest BCUT2D eigenvalue weighted by molar-refractivity contribution is -0.129. The number of anilines is 1. The fourth-order valence-corrected chi connectivity index (χ4v) is 5.29. The third kappa shape index (κ3) is 4.42. The van der Waals surface area contributed by atoms with Crippen LogP contribution in [0.1, 0.15) is 43.2 Å². The third-order valence-electron chi connectivity index (χ3n) is 5.91. The second-order valence-electron chi connectivity index (χ2n) is 7.91. The molecule has 5 nitrogen and oxygen atoms in total. The van der Waals surface area contributed by atoms with Crippen molar-refractivity contribution in [3.8, 4) is 11.8 Å². The molecule has 0 saturated carbocycles. The molecular weight excluding hydrogens is 406 g/mol. The summed E-state index contributed by atoms with van der Waals surface area (Å²) in [5.41, 5.74) is 4.07. The molecule has 0 unspecified atom stereocenters. The number of methoxy groups -OCH3 is 1. The van der Waals surface area contributed by atoms with Crippen LogP contribution >= 0.6 is 11.8 Å². The van der Waals surface area contributed by atoms with E-state index in [0.29, 0.717) is 24.5 Å². The Morgan fingerprint density at radius 2 is 2.03 bits per heavy atom. The summed E-state index contributed by atoms with van der Waals surface area (Å²) in [6.07, 6.45) is 3.78. The summed E-state index contributed by atoms with van der Waals surface area (Å²) in [5.74, 6) is 1.28. The van der Waals surface area contributed by atoms with Crippen molar-refractivity contribution in [2.24, 2.45) is 0 Å². The molecule has 2 aliphatic rings. The Hall–Kier alpha value is -2.91. The van der Waals surface area contributed by atoms with Gasteiger partial charge in [-0.15, -0.1) is 0 Å². The highest BCUT2D eigenvalue weighted by Crippen LogP contribution is 2.43. The molecule has 0 N–H and O–H groups in total. The van der Waals surface area contributed by atoms with Gasteiger partial charge in [-0.1, -0.05) is 49.4 Å². The van der Waals surface area contributed by atoms with E-state index in [0.717, 1.165) is 28.5 Å². The van der Waals surface area contributed by atoms with Gasteiger partial charge in [-0.3, -0.25) is 9.69 Å². The number of carbonyl (C=O) groups excluding carboxylic acids is 1. The quantitative estimate of drug-likeness (QED) is 0.622. The molecule has 1 fully saturated rings. The Labute approximate surface area is 188 Å². The van der Waals surface area contributed by atoms with Crippen molar-refractivity contribution in [1.29, 1.82) is 5.26 Å². The standard InChI is InChI=1S/C25H27N3O2S/c1-3-4-6-18-9-11-20(12-10-18)27-16-28-24(29)14-22(23(15-26)25(28)31-17-27)19-7-5-8-21(13-19)30-2/h5,7-13,22H,3-4,6,14,16-17H2,1-2H3/t22-/m1/s1. The normalized spacial score (nSPS) is 18.6. The molecule has 160 valence electrons. The first-order chi connectivity index (χ1) is 15.1. The van der Waals surface area contributed by atoms with E-state index in [4.69, 9.17) is 4.74 Å². The number of hydrogen-bond acceptors (Lipinski definition) is 5. The van der Waals surface area contributed by atoms with E-state index in [-0.39, 0.29) is 11.8 Å². The second kappa shape index (κ2) is 9.49. The SMILES string of the molecule is CCCCc1ccc(N2CSC3=C(C#N)[C@@H](c4cccc(OC)c4)CC(=O)N3C2)cc1. The summed E-state index contributed by atoms with van der Waals surface area (Å²) < 4.78 is 5.33. The molecule has 0 aliphatic carbocycles. The van der Waals surface area contributed by atoms with Crippen molar-refractivity contribution in [2.75, 3.05) is 24.6 Å². The molecule has 0 spiro atoms. The Bertz CT molecular complexity index is 1030. The molecule has 1 amide bonds. The Morgan fingerprint density at radius 1 is 1.23 bits per heavy atom. The highest BCUT2D eigenvalue weighted by molar-refractivity contribution is 8.03. The first kappa shape index (κ1) is 21.3. The molecule has 0 bridgehead atoms. The minimum absolute atomic E-state index is 0.0542. The van der Waals surface area contributed by atoms with E-state index in [1.807, 2.05) is 24.3 Å². The maximum Gasteiger partial charge on any atom is 0.229 e. The number of benzene rings is 2. The topological polar surface area (TPSA) is 56.6 Å². The molecule has 2 aliphatic heterocycles. The summed E-state index contributed by atoms with van der Waals surface area (Å²) >= 11 is 1.57. The van der Waals surface area contributed by atoms with E-state index in [1.165, 1.54) is 18.4 Å². The second-order valence-corrected chi connectivity index (χ2v) is 8.84. The molecule has 0 aromatic heterocycles. The molecule has 2 aromatic carbocycles. The van der Waals surface area contributed by atoms with Gasteiger partial charge in [-0.25, -0.2) is 0 Å². The smallest absolute Gasteiger partial charge is 0.229 e. The summed E-state index contributed by atoms with van der Waals surface area (Å²) in [6, 6.07) is 18.7. The number of amides is 1. The molecule has 6 heteroatoms. The molecular formula is C25H27N3O2S. The van der Waals surface area contributed by atoms with Gasteiger partial charge in [0.05, 0.1) is 36.3 Å². The van der Waals surface area contributed by atoms with Crippen molar-refractivity contribution < 1.29 is 9.53 Å². The number of hydrogen-bond donors (Lipinski definition) is 0. The average Bonchev–Trinajstić information content (AvgIpc) is 2.83. The predicted octanol–water partition coefficient (Wildman–Crippen LogP) is 5.26. The van der Waals surface area contributed by atoms with Crippen molar-refractivity contribution in [2.45, 2.75) is 38.5 Å². The summed E-state index contributed by atoms with van der Waals surface area (Å²) in [5, 5.41) is 10.7. The maximum atomic E-state index is 13.1. The van der Waals surface area contributed by atoms with Gasteiger partial charge < -0.3 is 9.64 Å². The van der Waals surface area contributed by atoms with Crippen molar-refractivity contribution in [3.63, 3.8) is 0 Å². The fourth-order valence-electron chi connectivity index (χ4n) is 4.12. The van der Waals surface area contributed by atoms with E-state index in [9.17, 15) is 10.1 Å². The van der Waals surface area contributed by atoms with E-state index in [1.54, 1.807) is 23.8 Å².